The number of rotatable bonds is 55. The molecule has 11 atom stereocenters. The number of para-hydroxylation sites is 1. The highest BCUT2D eigenvalue weighted by Gasteiger charge is 2.41. The van der Waals surface area contributed by atoms with Gasteiger partial charge in [-0.15, -0.1) is 0 Å². The summed E-state index contributed by atoms with van der Waals surface area (Å²) < 4.78 is 70.5. The number of aliphatic hydroxyl groups excluding tert-OH is 3. The maximum Gasteiger partial charge on any atom is 0.469 e. The van der Waals surface area contributed by atoms with Crippen molar-refractivity contribution in [2.24, 2.45) is 28.9 Å². The van der Waals surface area contributed by atoms with Gasteiger partial charge in [-0.1, -0.05) is 68.8 Å². The van der Waals surface area contributed by atoms with E-state index in [0.717, 1.165) is 53.7 Å². The Kier molecular flexibility index (Phi) is 42.7. The van der Waals surface area contributed by atoms with Gasteiger partial charge < -0.3 is 145 Å². The lowest BCUT2D eigenvalue weighted by Crippen LogP contribution is -2.63. The van der Waals surface area contributed by atoms with Gasteiger partial charge in [-0.3, -0.25) is 57.9 Å². The third kappa shape index (κ3) is 32.4. The molecule has 8 rings (SSSR count). The van der Waals surface area contributed by atoms with Gasteiger partial charge in [0, 0.05) is 123 Å². The van der Waals surface area contributed by atoms with E-state index in [-0.39, 0.29) is 169 Å². The van der Waals surface area contributed by atoms with E-state index in [1.165, 1.54) is 25.1 Å². The number of phenols is 2. The maximum absolute atomic E-state index is 14.9. The first-order valence-corrected chi connectivity index (χ1v) is 47.1. The summed E-state index contributed by atoms with van der Waals surface area (Å²) in [6.07, 6.45) is -1.39. The molecular weight excluding hydrogens is 1840 g/mol. The average molecular weight is 1970 g/mol. The van der Waals surface area contributed by atoms with Crippen molar-refractivity contribution < 1.29 is 130 Å². The summed E-state index contributed by atoms with van der Waals surface area (Å²) in [6, 6.07) is 13.4. The number of benzene rings is 6. The molecule has 0 saturated carbocycles. The number of carbonyl (C=O) groups excluding carboxylic acids is 12. The SMILES string of the molecule is CC[C@H](C)[C@H](NC(=O)[C@H](CO)NC(=O)CCCCCOC(=O)c1ccccc1C1c2cc(F)c(O)cc2Oc2cc(O)c(F)cc21)C(=O)N[C@H](C(=O)N[C@@H](CCCCN)C(=O)N[C@@H](COP(=O)(O)O)C(=O)N[C@@H](CO)C(=O)N[C@@H](CCCNC(=N)N)C(=O)N[C@@H](CCCCN)C(=O)N[C@@H](CCCCNC(=O)Oc1ccccc1C1c2ccc(N(C)C)cc2Oc2cc(N(C)C)ccc21)C(N)=O)[C@@H](C)O. The second-order valence-corrected chi connectivity index (χ2v) is 35.3. The molecule has 758 valence electrons. The van der Waals surface area contributed by atoms with Gasteiger partial charge in [-0.05, 0) is 158 Å². The highest BCUT2D eigenvalue weighted by atomic mass is 31.2. The maximum atomic E-state index is 14.9. The number of nitrogens with zero attached hydrogens (tertiary/aromatic N) is 2. The summed E-state index contributed by atoms with van der Waals surface area (Å²) in [6.45, 7) is 0.677. The molecule has 0 fully saturated rings. The van der Waals surface area contributed by atoms with Gasteiger partial charge in [0.05, 0.1) is 38.1 Å². The Morgan fingerprint density at radius 3 is 1.45 bits per heavy atom. The molecule has 0 bridgehead atoms. The molecule has 0 saturated heterocycles. The minimum Gasteiger partial charge on any atom is -0.505 e. The molecule has 2 aliphatic rings. The third-order valence-electron chi connectivity index (χ3n) is 23.2. The van der Waals surface area contributed by atoms with Crippen LogP contribution in [0.5, 0.6) is 40.2 Å². The number of phosphoric ester groups is 1. The molecule has 27 N–H and O–H groups in total. The van der Waals surface area contributed by atoms with Crippen molar-refractivity contribution in [1.29, 1.82) is 5.41 Å². The molecule has 6 aromatic carbocycles. The second kappa shape index (κ2) is 53.5. The summed E-state index contributed by atoms with van der Waals surface area (Å²) in [5.41, 5.74) is 27.6. The van der Waals surface area contributed by atoms with Gasteiger partial charge in [0.25, 0.3) is 0 Å². The van der Waals surface area contributed by atoms with Crippen LogP contribution >= 0.6 is 7.82 Å². The van der Waals surface area contributed by atoms with E-state index in [4.69, 9.17) is 47.3 Å². The quantitative estimate of drug-likeness (QED) is 0.00856. The van der Waals surface area contributed by atoms with Gasteiger partial charge in [0.1, 0.15) is 83.1 Å². The van der Waals surface area contributed by atoms with Crippen LogP contribution in [0.2, 0.25) is 0 Å². The number of anilines is 2. The minimum absolute atomic E-state index is 0.0102. The average Bonchev–Trinajstić information content (AvgIpc) is 0.743. The van der Waals surface area contributed by atoms with Crippen LogP contribution in [0.25, 0.3) is 0 Å². The van der Waals surface area contributed by atoms with Crippen LogP contribution in [0.4, 0.5) is 25.0 Å². The molecule has 2 heterocycles. The lowest BCUT2D eigenvalue weighted by Gasteiger charge is -2.31. The number of ether oxygens (including phenoxy) is 4. The molecule has 46 heteroatoms. The molecule has 0 aliphatic carbocycles. The number of fused-ring (bicyclic) bond motifs is 4. The number of halogens is 2. The molecule has 6 aromatic rings. The highest BCUT2D eigenvalue weighted by Crippen LogP contribution is 2.53. The van der Waals surface area contributed by atoms with Gasteiger partial charge in [0.2, 0.25) is 59.1 Å². The smallest absolute Gasteiger partial charge is 0.469 e. The summed E-state index contributed by atoms with van der Waals surface area (Å²) in [5.74, 6) is -16.6. The van der Waals surface area contributed by atoms with Crippen molar-refractivity contribution in [3.8, 4) is 40.2 Å². The number of phenolic OH excluding ortho intramolecular Hbond substituents is 2. The van der Waals surface area contributed by atoms with E-state index < -0.39 is 206 Å². The van der Waals surface area contributed by atoms with Crippen molar-refractivity contribution in [3.05, 3.63) is 160 Å². The first-order chi connectivity index (χ1) is 66.1. The fourth-order valence-electron chi connectivity index (χ4n) is 15.4. The zero-order valence-corrected chi connectivity index (χ0v) is 79.1. The molecule has 0 aromatic heterocycles. The Morgan fingerprint density at radius 2 is 0.928 bits per heavy atom. The number of aliphatic hydroxyl groups is 3. The van der Waals surface area contributed by atoms with E-state index in [1.807, 2.05) is 86.5 Å². The fraction of sp³-hybridized carbons (Fsp3) is 0.473. The zero-order valence-electron chi connectivity index (χ0n) is 78.3. The van der Waals surface area contributed by atoms with Crippen molar-refractivity contribution in [2.45, 2.75) is 196 Å². The van der Waals surface area contributed by atoms with E-state index in [0.29, 0.717) is 23.5 Å². The van der Waals surface area contributed by atoms with E-state index in [2.05, 4.69) is 63.0 Å². The van der Waals surface area contributed by atoms with Crippen LogP contribution in [0.15, 0.2) is 109 Å². The molecule has 0 spiro atoms. The number of esters is 1. The van der Waals surface area contributed by atoms with E-state index in [1.54, 1.807) is 25.1 Å². The molecule has 43 nitrogen and oxygen atoms in total. The van der Waals surface area contributed by atoms with Crippen LogP contribution in [0, 0.1) is 23.0 Å². The van der Waals surface area contributed by atoms with Crippen molar-refractivity contribution in [3.63, 3.8) is 0 Å². The standard InChI is InChI=1S/C93H127F2N18O25P/c1-8-50(2)80(110-87(125)67(47-114)103-77(119)31-10-9-21-40-134-91(129)55-24-12-11-23-54(55)78-59-43-61(94)70(117)45-75(59)137-76-46-71(118)62(95)44-60(76)78)89(127)111-81(51(3)116)90(128)107-65(28-16-19-37-97)85(123)109-69(49-135-139(131,132)133)88(126)108-68(48-115)86(124)106-66(29-22-39-101-92(99)100)84(122)105-64(27-15-18-36-96)83(121)104-63(82(98)120)26-17-20-38-102-93(130)138-72-30-14-13-25-56(72)79-57-34-32-52(112(4)5)41-73(57)136-74-42-53(113(6)7)33-35-58(74)79/h11-14,23-25,30,32-35,41-46,50-51,63-69,78-81,114-118H,8-10,15-22,26-29,31,36-40,47-49,96-97H2,1-7H3,(H2,98,120)(H,102,130)(H,103,119)(H,104,121)(H,105,122)(H,106,124)(H,107,128)(H,108,126)(H,109,123)(H,110,125)(H,111,127)(H4,99,100,101)(H2,131,132,133)/t50-,51+,63-,64-,65-,66-,67-,68-,69-,80-,81-/m0/s1. The molecule has 11 amide bonds. The fourth-order valence-corrected chi connectivity index (χ4v) is 15.8. The Bertz CT molecular complexity index is 5250. The minimum atomic E-state index is -5.53. The topological polar surface area (TPSA) is 676 Å². The molecule has 0 unspecified atom stereocenters. The number of primary amides is 1. The zero-order chi connectivity index (χ0) is 102. The number of unbranched alkanes of at least 4 members (excludes halogenated alkanes) is 5. The number of aromatic hydroxyl groups is 2. The van der Waals surface area contributed by atoms with Gasteiger partial charge >= 0.3 is 19.9 Å². The predicted molar refractivity (Wildman–Crippen MR) is 504 cm³/mol. The monoisotopic (exact) mass is 1960 g/mol. The number of guanidine groups is 1. The lowest BCUT2D eigenvalue weighted by atomic mass is 9.80. The Hall–Kier alpha value is -13.4. The number of nitrogens with one attached hydrogen (secondary N) is 12. The normalized spacial score (nSPS) is 14.4. The molecular formula is C93H127F2N18O25P. The van der Waals surface area contributed by atoms with Crippen LogP contribution in [-0.4, -0.2) is 254 Å². The Labute approximate surface area is 801 Å². The second-order valence-electron chi connectivity index (χ2n) is 34.1. The number of hydrogen-bond donors (Lipinski definition) is 23. The van der Waals surface area contributed by atoms with Crippen molar-refractivity contribution in [1.82, 2.24) is 58.5 Å². The molecule has 0 radical (unpaired) electrons. The van der Waals surface area contributed by atoms with E-state index >= 15 is 0 Å². The predicted octanol–water partition coefficient (Wildman–Crippen LogP) is 2.65. The van der Waals surface area contributed by atoms with Crippen molar-refractivity contribution >= 4 is 96.3 Å². The van der Waals surface area contributed by atoms with Crippen LogP contribution in [0.3, 0.4) is 0 Å². The number of hydrogen-bond acceptors (Lipinski definition) is 28. The van der Waals surface area contributed by atoms with Crippen LogP contribution in [-0.2, 0) is 61.8 Å². The largest absolute Gasteiger partial charge is 0.505 e. The molecule has 139 heavy (non-hydrogen) atoms. The summed E-state index contributed by atoms with van der Waals surface area (Å²) >= 11 is 0. The highest BCUT2D eigenvalue weighted by molar-refractivity contribution is 7.46. The van der Waals surface area contributed by atoms with Gasteiger partial charge in [0.15, 0.2) is 29.1 Å². The first-order valence-electron chi connectivity index (χ1n) is 45.5. The number of nitrogens with two attached hydrogens (primary N) is 4. The Morgan fingerprint density at radius 1 is 0.489 bits per heavy atom. The lowest BCUT2D eigenvalue weighted by molar-refractivity contribution is -0.138. The number of carbonyl (C=O) groups is 12. The summed E-state index contributed by atoms with van der Waals surface area (Å²) in [7, 11) is 2.16. The Balaban J connectivity index is 0.854. The van der Waals surface area contributed by atoms with Crippen LogP contribution < -0.4 is 105 Å². The number of amides is 11. The number of phosphoric acid groups is 1. The van der Waals surface area contributed by atoms with Crippen molar-refractivity contribution in [2.75, 3.05) is 90.6 Å². The van der Waals surface area contributed by atoms with Crippen LogP contribution in [0.1, 0.15) is 179 Å². The third-order valence-corrected chi connectivity index (χ3v) is 23.7. The summed E-state index contributed by atoms with van der Waals surface area (Å²) in [4.78, 5) is 191. The van der Waals surface area contributed by atoms with E-state index in [9.17, 15) is 106 Å². The molecule has 2 aliphatic heterocycles. The van der Waals surface area contributed by atoms with Gasteiger partial charge in [-0.25, -0.2) is 22.9 Å². The first kappa shape index (κ1) is 111. The summed E-state index contributed by atoms with van der Waals surface area (Å²) in [5, 5.41) is 86.9. The van der Waals surface area contributed by atoms with Gasteiger partial charge in [-0.2, -0.15) is 0 Å².